The molecule has 0 unspecified atom stereocenters. The molecule has 1 aromatic carbocycles. The van der Waals surface area contributed by atoms with Crippen LogP contribution in [0.5, 0.6) is 0 Å². The van der Waals surface area contributed by atoms with Gasteiger partial charge in [-0.15, -0.1) is 0 Å². The number of carboxylic acids is 2. The average Bonchev–Trinajstić information content (AvgIpc) is 3.69. The van der Waals surface area contributed by atoms with Gasteiger partial charge < -0.3 is 68.2 Å². The van der Waals surface area contributed by atoms with Gasteiger partial charge in [0.1, 0.15) is 36.3 Å². The number of carboxylic acid groups (broad SMARTS) is 2. The maximum Gasteiger partial charge on any atom is 0.328 e. The van der Waals surface area contributed by atoms with Crippen LogP contribution in [0.3, 0.4) is 0 Å². The zero-order valence-electron chi connectivity index (χ0n) is 31.9. The van der Waals surface area contributed by atoms with Gasteiger partial charge in [0, 0.05) is 24.7 Å². The molecule has 0 radical (unpaired) electrons. The second-order valence-electron chi connectivity index (χ2n) is 13.2. The molecule has 9 atom stereocenters. The first-order valence-corrected chi connectivity index (χ1v) is 19.3. The van der Waals surface area contributed by atoms with Gasteiger partial charge in [0.05, 0.1) is 31.6 Å². The maximum atomic E-state index is 14.0. The number of aromatic nitrogens is 2. The van der Waals surface area contributed by atoms with Crippen LogP contribution in [-0.4, -0.2) is 156 Å². The van der Waals surface area contributed by atoms with Crippen LogP contribution in [0, 0.1) is 0 Å². The van der Waals surface area contributed by atoms with Crippen molar-refractivity contribution in [2.24, 2.45) is 5.73 Å². The van der Waals surface area contributed by atoms with Gasteiger partial charge in [0.2, 0.25) is 35.4 Å². The highest BCUT2D eigenvalue weighted by Crippen LogP contribution is 2.10. The van der Waals surface area contributed by atoms with Gasteiger partial charge in [0.15, 0.2) is 6.04 Å². The Kier molecular flexibility index (Phi) is 20.3. The van der Waals surface area contributed by atoms with Crippen molar-refractivity contribution < 1.29 is 63.9 Å². The topological polar surface area (TPSA) is 365 Å². The van der Waals surface area contributed by atoms with Gasteiger partial charge in [0.25, 0.3) is 0 Å². The van der Waals surface area contributed by atoms with E-state index < -0.39 is 115 Å². The highest BCUT2D eigenvalue weighted by atomic mass is 32.2. The van der Waals surface area contributed by atoms with Gasteiger partial charge in [-0.3, -0.25) is 33.6 Å². The number of nitrogens with one attached hydrogen (secondary N) is 7. The minimum absolute atomic E-state index is 0.0531. The van der Waals surface area contributed by atoms with Crippen molar-refractivity contribution in [1.82, 2.24) is 41.9 Å². The summed E-state index contributed by atoms with van der Waals surface area (Å²) < 4.78 is 0. The number of aromatic amines is 1. The van der Waals surface area contributed by atoms with Crippen LogP contribution in [0.4, 0.5) is 0 Å². The van der Waals surface area contributed by atoms with Gasteiger partial charge in [-0.2, -0.15) is 11.8 Å². The molecule has 2 aromatic rings. The van der Waals surface area contributed by atoms with E-state index in [1.54, 1.807) is 36.6 Å². The summed E-state index contributed by atoms with van der Waals surface area (Å²) in [5, 5.41) is 62.2. The van der Waals surface area contributed by atoms with Crippen molar-refractivity contribution in [3.63, 3.8) is 0 Å². The highest BCUT2D eigenvalue weighted by Gasteiger charge is 2.36. The summed E-state index contributed by atoms with van der Waals surface area (Å²) in [4.78, 5) is 110. The fourth-order valence-corrected chi connectivity index (χ4v) is 5.71. The zero-order chi connectivity index (χ0) is 43.5. The second kappa shape index (κ2) is 24.2. The quantitative estimate of drug-likeness (QED) is 0.0448. The van der Waals surface area contributed by atoms with E-state index in [1.807, 2.05) is 5.32 Å². The number of hydrogen-bond acceptors (Lipinski definition) is 14. The van der Waals surface area contributed by atoms with E-state index in [4.69, 9.17) is 5.73 Å². The third-order valence-corrected chi connectivity index (χ3v) is 9.07. The average molecular weight is 838 g/mol. The molecule has 1 aromatic heterocycles. The fourth-order valence-electron chi connectivity index (χ4n) is 5.24. The Morgan fingerprint density at radius 1 is 0.724 bits per heavy atom. The van der Waals surface area contributed by atoms with E-state index in [0.717, 1.165) is 6.92 Å². The van der Waals surface area contributed by atoms with Crippen LogP contribution in [0.2, 0.25) is 0 Å². The lowest BCUT2D eigenvalue weighted by Crippen LogP contribution is -2.62. The van der Waals surface area contributed by atoms with Crippen LogP contribution >= 0.6 is 11.8 Å². The SMILES string of the molecule is CSCC[C@H](NC(=O)[C@H](Cc1ccccc1)NC(=O)[C@H](Cc1cnc[nH]1)NC(=O)[C@@H](NC(=O)[C@@H](N)CO)[C@@H](C)O)C(=O)N[C@@H](CC(=O)O)C(=O)N[C@H](C(=O)O)[C@@H](C)O. The number of carbonyl (C=O) groups excluding carboxylic acids is 6. The summed E-state index contributed by atoms with van der Waals surface area (Å²) in [6.45, 7) is 1.52. The summed E-state index contributed by atoms with van der Waals surface area (Å²) in [6.07, 6.45) is -0.104. The van der Waals surface area contributed by atoms with Crippen molar-refractivity contribution in [3.05, 3.63) is 54.1 Å². The predicted molar refractivity (Wildman–Crippen MR) is 205 cm³/mol. The summed E-state index contributed by atoms with van der Waals surface area (Å²) in [5.41, 5.74) is 6.46. The number of aliphatic carboxylic acids is 2. The first-order chi connectivity index (χ1) is 27.4. The molecule has 0 bridgehead atoms. The largest absolute Gasteiger partial charge is 0.481 e. The number of thioether (sulfide) groups is 1. The van der Waals surface area contributed by atoms with Gasteiger partial charge in [-0.1, -0.05) is 30.3 Å². The molecule has 0 fully saturated rings. The van der Waals surface area contributed by atoms with Gasteiger partial charge >= 0.3 is 11.9 Å². The first kappa shape index (κ1) is 48.5. The zero-order valence-corrected chi connectivity index (χ0v) is 32.7. The Hall–Kier alpha value is -5.62. The van der Waals surface area contributed by atoms with Crippen molar-refractivity contribution in [3.8, 4) is 0 Å². The molecule has 23 heteroatoms. The Morgan fingerprint density at radius 2 is 1.24 bits per heavy atom. The number of nitrogens with zero attached hydrogens (tertiary/aromatic N) is 1. The fraction of sp³-hybridized carbons (Fsp3) is 0.514. The monoisotopic (exact) mass is 837 g/mol. The van der Waals surface area contributed by atoms with Gasteiger partial charge in [-0.25, -0.2) is 9.78 Å². The van der Waals surface area contributed by atoms with E-state index in [-0.39, 0.29) is 25.0 Å². The van der Waals surface area contributed by atoms with E-state index >= 15 is 0 Å². The number of carbonyl (C=O) groups is 8. The number of aliphatic hydroxyl groups excluding tert-OH is 3. The lowest BCUT2D eigenvalue weighted by Gasteiger charge is -2.28. The molecular weight excluding hydrogens is 787 g/mol. The van der Waals surface area contributed by atoms with Crippen LogP contribution in [0.25, 0.3) is 0 Å². The minimum atomic E-state index is -1.84. The molecule has 22 nitrogen and oxygen atoms in total. The van der Waals surface area contributed by atoms with E-state index in [2.05, 4.69) is 36.6 Å². The minimum Gasteiger partial charge on any atom is -0.481 e. The van der Waals surface area contributed by atoms with Crippen LogP contribution in [0.15, 0.2) is 42.9 Å². The van der Waals surface area contributed by atoms with Crippen molar-refractivity contribution in [2.45, 2.75) is 94.0 Å². The highest BCUT2D eigenvalue weighted by molar-refractivity contribution is 7.98. The van der Waals surface area contributed by atoms with E-state index in [0.29, 0.717) is 11.3 Å². The molecule has 0 aliphatic rings. The van der Waals surface area contributed by atoms with E-state index in [1.165, 1.54) is 31.2 Å². The van der Waals surface area contributed by atoms with Gasteiger partial charge in [-0.05, 0) is 37.8 Å². The molecule has 0 saturated heterocycles. The lowest BCUT2D eigenvalue weighted by atomic mass is 10.0. The molecular formula is C35H51N9O13S. The molecule has 0 spiro atoms. The Labute approximate surface area is 336 Å². The number of imidazole rings is 1. The Balaban J connectivity index is 2.44. The van der Waals surface area contributed by atoms with Crippen LogP contribution in [-0.2, 0) is 51.2 Å². The molecule has 0 saturated carbocycles. The van der Waals surface area contributed by atoms with Crippen molar-refractivity contribution in [1.29, 1.82) is 0 Å². The molecule has 1 heterocycles. The Morgan fingerprint density at radius 3 is 1.76 bits per heavy atom. The molecule has 0 aliphatic heterocycles. The molecule has 2 rings (SSSR count). The third-order valence-electron chi connectivity index (χ3n) is 8.43. The molecule has 6 amide bonds. The number of aliphatic hydroxyl groups is 3. The number of hydrogen-bond donors (Lipinski definition) is 13. The predicted octanol–water partition coefficient (Wildman–Crippen LogP) is -4.50. The normalized spacial score (nSPS) is 15.7. The lowest BCUT2D eigenvalue weighted by molar-refractivity contribution is -0.146. The number of nitrogens with two attached hydrogens (primary N) is 1. The Bertz CT molecular complexity index is 1700. The number of benzene rings is 1. The smallest absolute Gasteiger partial charge is 0.328 e. The van der Waals surface area contributed by atoms with E-state index in [9.17, 15) is 63.9 Å². The third kappa shape index (κ3) is 16.1. The van der Waals surface area contributed by atoms with Crippen molar-refractivity contribution >= 4 is 59.1 Å². The van der Waals surface area contributed by atoms with Crippen LogP contribution < -0.4 is 37.6 Å². The summed E-state index contributed by atoms with van der Waals surface area (Å²) in [7, 11) is 0. The summed E-state index contributed by atoms with van der Waals surface area (Å²) in [5.74, 6) is -8.94. The molecule has 58 heavy (non-hydrogen) atoms. The molecule has 0 aliphatic carbocycles. The standard InChI is InChI=1S/C35H51N9O13S/c1-17(46)27(43-29(50)21(36)15-45)34(55)42-24(12-20-14-37-16-38-20)32(53)40-23(11-19-7-5-4-6-8-19)31(52)39-22(9-10-58-3)30(51)41-25(13-26(48)49)33(54)44-28(18(2)47)35(56)57/h4-8,14,16-18,21-25,27-28,45-47H,9-13,15,36H2,1-3H3,(H,37,38)(H,39,52)(H,40,53)(H,41,51)(H,42,55)(H,43,50)(H,44,54)(H,48,49)(H,56,57)/t17-,18-,21+,22+,23+,24+,25+,27+,28+/m1/s1. The maximum absolute atomic E-state index is 14.0. The summed E-state index contributed by atoms with van der Waals surface area (Å²) in [6, 6.07) is -2.66. The summed E-state index contributed by atoms with van der Waals surface area (Å²) >= 11 is 1.29. The second-order valence-corrected chi connectivity index (χ2v) is 14.2. The number of H-pyrrole nitrogens is 1. The van der Waals surface area contributed by atoms with Crippen LogP contribution in [0.1, 0.15) is 37.9 Å². The molecule has 14 N–H and O–H groups in total. The number of rotatable bonds is 25. The molecule has 320 valence electrons. The van der Waals surface area contributed by atoms with Crippen molar-refractivity contribution in [2.75, 3.05) is 18.6 Å². The first-order valence-electron chi connectivity index (χ1n) is 17.9. The number of amides is 6.